The van der Waals surface area contributed by atoms with Crippen molar-refractivity contribution in [1.29, 1.82) is 0 Å². The molecule has 76 heavy (non-hydrogen) atoms. The fourth-order valence-corrected chi connectivity index (χ4v) is 10.6. The number of hydrogen-bond acceptors (Lipinski definition) is 8. The fourth-order valence-electron chi connectivity index (χ4n) is 10.1. The first kappa shape index (κ1) is 53.2. The molecule has 1 atom stereocenters. The fraction of sp³-hybridized carbons (Fsp3) is 0.308. The van der Waals surface area contributed by atoms with Crippen LogP contribution in [-0.2, 0) is 6.54 Å². The largest absolute Gasteiger partial charge is 0.311 e. The first-order valence-electron chi connectivity index (χ1n) is 27.5. The Morgan fingerprint density at radius 2 is 0.855 bits per heavy atom. The minimum absolute atomic E-state index is 0.143. The van der Waals surface area contributed by atoms with Gasteiger partial charge in [0.1, 0.15) is 11.0 Å². The minimum atomic E-state index is 0.143. The van der Waals surface area contributed by atoms with E-state index in [2.05, 4.69) is 105 Å². The second-order valence-corrected chi connectivity index (χ2v) is 20.4. The summed E-state index contributed by atoms with van der Waals surface area (Å²) >= 11 is 1.19. The van der Waals surface area contributed by atoms with Crippen molar-refractivity contribution in [2.24, 2.45) is 5.92 Å². The van der Waals surface area contributed by atoms with Crippen LogP contribution in [0.1, 0.15) is 149 Å². The molecule has 9 aromatic rings. The molecule has 10 nitrogen and oxygen atoms in total. The van der Waals surface area contributed by atoms with E-state index in [9.17, 15) is 14.4 Å². The Labute approximate surface area is 452 Å². The lowest BCUT2D eigenvalue weighted by atomic mass is 9.95. The van der Waals surface area contributed by atoms with Gasteiger partial charge in [-0.1, -0.05) is 116 Å². The molecule has 2 heterocycles. The number of hydrogen-bond donors (Lipinski definition) is 0. The number of fused-ring (bicyclic) bond motifs is 2. The number of carbonyl (C=O) groups excluding carboxylic acids is 3. The van der Waals surface area contributed by atoms with Crippen molar-refractivity contribution in [2.45, 2.75) is 125 Å². The molecule has 0 spiro atoms. The average molecular weight is 1030 g/mol. The minimum Gasteiger partial charge on any atom is -0.311 e. The van der Waals surface area contributed by atoms with Gasteiger partial charge < -0.3 is 9.80 Å². The van der Waals surface area contributed by atoms with Gasteiger partial charge in [-0.15, -0.1) is 0 Å². The van der Waals surface area contributed by atoms with Gasteiger partial charge in [0.05, 0.1) is 6.54 Å². The summed E-state index contributed by atoms with van der Waals surface area (Å²) in [6.07, 6.45) is 11.5. The Morgan fingerprint density at radius 3 is 1.26 bits per heavy atom. The number of aromatic nitrogens is 5. The number of benzene rings is 7. The highest BCUT2D eigenvalue weighted by Gasteiger charge is 2.25. The molecular weight excluding hydrogens is 959 g/mol. The summed E-state index contributed by atoms with van der Waals surface area (Å²) in [6.45, 7) is 11.5. The molecule has 11 heteroatoms. The van der Waals surface area contributed by atoms with Gasteiger partial charge in [0, 0.05) is 92.2 Å². The molecule has 0 amide bonds. The van der Waals surface area contributed by atoms with E-state index in [0.717, 1.165) is 148 Å². The van der Waals surface area contributed by atoms with Crippen LogP contribution in [0, 0.1) is 5.92 Å². The van der Waals surface area contributed by atoms with E-state index >= 15 is 0 Å². The summed E-state index contributed by atoms with van der Waals surface area (Å²) in [5.74, 6) is 0.878. The third-order valence-electron chi connectivity index (χ3n) is 14.5. The van der Waals surface area contributed by atoms with Crippen LogP contribution in [0.2, 0.25) is 0 Å². The van der Waals surface area contributed by atoms with Crippen LogP contribution in [0.4, 0.5) is 34.1 Å². The van der Waals surface area contributed by atoms with E-state index in [0.29, 0.717) is 42.9 Å². The summed E-state index contributed by atoms with van der Waals surface area (Å²) in [4.78, 5) is 45.3. The molecule has 0 bridgehead atoms. The normalized spacial score (nSPS) is 11.8. The van der Waals surface area contributed by atoms with Crippen LogP contribution in [0.15, 0.2) is 152 Å². The number of rotatable bonds is 26. The van der Waals surface area contributed by atoms with Gasteiger partial charge in [0.25, 0.3) is 11.7 Å². The lowest BCUT2D eigenvalue weighted by molar-refractivity contribution is 0.0972. The lowest BCUT2D eigenvalue weighted by Gasteiger charge is -2.26. The third-order valence-corrected chi connectivity index (χ3v) is 15.0. The third kappa shape index (κ3) is 11.9. The summed E-state index contributed by atoms with van der Waals surface area (Å²) in [5.41, 5.74) is 14.5. The van der Waals surface area contributed by atoms with Crippen molar-refractivity contribution >= 4 is 85.3 Å². The zero-order valence-corrected chi connectivity index (χ0v) is 45.5. The van der Waals surface area contributed by atoms with Crippen molar-refractivity contribution in [3.63, 3.8) is 0 Å². The maximum Gasteiger partial charge on any atom is 0.279 e. The predicted molar refractivity (Wildman–Crippen MR) is 314 cm³/mol. The monoisotopic (exact) mass is 1030 g/mol. The van der Waals surface area contributed by atoms with Gasteiger partial charge in [-0.25, -0.2) is 0 Å². The quantitative estimate of drug-likeness (QED) is 0.0386. The van der Waals surface area contributed by atoms with E-state index in [1.807, 2.05) is 95.8 Å². The van der Waals surface area contributed by atoms with Gasteiger partial charge in [-0.2, -0.15) is 23.7 Å². The molecule has 0 aliphatic rings. The highest BCUT2D eigenvalue weighted by Crippen LogP contribution is 2.44. The molecule has 0 radical (unpaired) electrons. The average Bonchev–Trinajstić information content (AvgIpc) is 4.13. The van der Waals surface area contributed by atoms with E-state index in [1.165, 1.54) is 11.7 Å². The van der Waals surface area contributed by atoms with Crippen LogP contribution in [0.25, 0.3) is 44.3 Å². The summed E-state index contributed by atoms with van der Waals surface area (Å²) in [7, 11) is 0. The molecule has 2 aromatic heterocycles. The van der Waals surface area contributed by atoms with Crippen LogP contribution < -0.4 is 14.2 Å². The van der Waals surface area contributed by atoms with Gasteiger partial charge in [0.2, 0.25) is 0 Å². The standard InChI is InChI=1S/C65H69N7O3S/c1-6-11-18-45(10-5)44-70-66-62-60(49-30-40-55(41-31-49)71(51-19-16-15-17-20-51)52-34-24-46(25-35-52)57(73)21-12-7-2)64-65(69-76-68-64)61(63(62)67-70)50-32-42-56(43-33-50)72(53-36-26-47(27-37-53)58(74)22-13-8-3)54-38-28-48(29-39-54)59(75)23-14-9-4/h15-17,19-20,24-43,45H,6-14,18,21-23,44H2,1-5H3. The number of ketones is 3. The van der Waals surface area contributed by atoms with E-state index in [4.69, 9.17) is 18.9 Å². The van der Waals surface area contributed by atoms with E-state index in [-0.39, 0.29) is 17.3 Å². The van der Waals surface area contributed by atoms with Crippen molar-refractivity contribution in [2.75, 3.05) is 9.80 Å². The molecular formula is C65H69N7O3S. The second-order valence-electron chi connectivity index (χ2n) is 19.9. The Balaban J connectivity index is 1.12. The SMILES string of the molecule is CCCCC(=O)c1ccc(N(c2ccc(C(=O)CCCC)cc2)c2ccc(-c3c4nn(CC(CC)CCCC)nc4c(-c4ccc(N(c5ccccc5)c5ccc(C(=O)CCCC)cc5)cc4)c4[n-][s+]nc34)cc2)cc1. The van der Waals surface area contributed by atoms with Crippen molar-refractivity contribution < 1.29 is 14.4 Å². The van der Waals surface area contributed by atoms with Gasteiger partial charge >= 0.3 is 0 Å². The van der Waals surface area contributed by atoms with Gasteiger partial charge in [-0.05, 0) is 152 Å². The van der Waals surface area contributed by atoms with Crippen LogP contribution in [0.3, 0.4) is 0 Å². The number of carbonyl (C=O) groups is 3. The molecule has 0 aliphatic heterocycles. The number of nitrogens with zero attached hydrogens (tertiary/aromatic N) is 7. The summed E-state index contributed by atoms with van der Waals surface area (Å²) in [6, 6.07) is 50.9. The Kier molecular flexibility index (Phi) is 17.7. The Morgan fingerprint density at radius 1 is 0.474 bits per heavy atom. The maximum atomic E-state index is 13.1. The lowest BCUT2D eigenvalue weighted by Crippen LogP contribution is -2.12. The molecule has 388 valence electrons. The zero-order chi connectivity index (χ0) is 53.0. The maximum absolute atomic E-state index is 13.1. The van der Waals surface area contributed by atoms with Crippen molar-refractivity contribution in [1.82, 2.24) is 23.7 Å². The van der Waals surface area contributed by atoms with Crippen LogP contribution >= 0.6 is 11.7 Å². The smallest absolute Gasteiger partial charge is 0.279 e. The van der Waals surface area contributed by atoms with Gasteiger partial charge in [-0.3, -0.25) is 14.4 Å². The Hall–Kier alpha value is -7.63. The Bertz CT molecular complexity index is 3300. The second kappa shape index (κ2) is 25.3. The first-order valence-corrected chi connectivity index (χ1v) is 28.2. The molecule has 0 fully saturated rings. The number of anilines is 6. The number of Topliss-reactive ketones (excluding diaryl/α,β-unsaturated/α-hetero) is 3. The van der Waals surface area contributed by atoms with Crippen LogP contribution in [0.5, 0.6) is 0 Å². The highest BCUT2D eigenvalue weighted by atomic mass is 32.1. The van der Waals surface area contributed by atoms with Gasteiger partial charge in [0.15, 0.2) is 17.3 Å². The number of para-hydroxylation sites is 1. The number of unbranched alkanes of at least 4 members (excludes halogenated alkanes) is 4. The van der Waals surface area contributed by atoms with Crippen molar-refractivity contribution in [3.8, 4) is 22.3 Å². The van der Waals surface area contributed by atoms with Crippen LogP contribution in [-0.4, -0.2) is 36.7 Å². The molecule has 0 N–H and O–H groups in total. The summed E-state index contributed by atoms with van der Waals surface area (Å²) in [5, 5.41) is 10.7. The molecule has 0 aliphatic carbocycles. The molecule has 1 unspecified atom stereocenters. The topological polar surface area (TPSA) is 115 Å². The highest BCUT2D eigenvalue weighted by molar-refractivity contribution is 7.00. The molecule has 7 aromatic carbocycles. The van der Waals surface area contributed by atoms with Crippen molar-refractivity contribution in [3.05, 3.63) is 168 Å². The molecule has 0 saturated carbocycles. The summed E-state index contributed by atoms with van der Waals surface area (Å²) < 4.78 is 10.0. The van der Waals surface area contributed by atoms with E-state index < -0.39 is 0 Å². The van der Waals surface area contributed by atoms with E-state index in [1.54, 1.807) is 0 Å². The molecule has 9 rings (SSSR count). The zero-order valence-electron chi connectivity index (χ0n) is 44.7. The molecule has 0 saturated heterocycles. The predicted octanol–water partition coefficient (Wildman–Crippen LogP) is 17.9. The first-order chi connectivity index (χ1) is 37.2.